The third-order valence-corrected chi connectivity index (χ3v) is 5.77. The summed E-state index contributed by atoms with van der Waals surface area (Å²) in [4.78, 5) is 0. The number of thiol groups is 1. The van der Waals surface area contributed by atoms with Crippen LogP contribution in [0.2, 0.25) is 0 Å². The molecule has 0 aliphatic carbocycles. The van der Waals surface area contributed by atoms with Gasteiger partial charge in [0.1, 0.15) is 0 Å². The highest BCUT2D eigenvalue weighted by molar-refractivity contribution is 9.14. The van der Waals surface area contributed by atoms with Crippen LogP contribution in [0, 0.1) is 0 Å². The van der Waals surface area contributed by atoms with E-state index in [2.05, 4.69) is 23.3 Å². The molecule has 0 aliphatic heterocycles. The topological polar surface area (TPSA) is 0 Å². The Morgan fingerprint density at radius 2 is 2.40 bits per heavy atom. The minimum Gasteiger partial charge on any atom is -0.106 e. The van der Waals surface area contributed by atoms with Gasteiger partial charge in [-0.1, -0.05) is 10.4 Å². The van der Waals surface area contributed by atoms with Crippen LogP contribution in [0.25, 0.3) is 0 Å². The van der Waals surface area contributed by atoms with Gasteiger partial charge in [0.15, 0.2) is 0 Å². The van der Waals surface area contributed by atoms with Crippen LogP contribution in [0.3, 0.4) is 0 Å². The molecular formula is H2PS4. The lowest BCUT2D eigenvalue weighted by atomic mass is 29.8. The predicted octanol–water partition coefficient (Wildman–Crippen LogP) is 2.92. The van der Waals surface area contributed by atoms with Crippen molar-refractivity contribution in [3.63, 3.8) is 0 Å². The third-order valence-electron chi connectivity index (χ3n) is 0.0713. The zero-order valence-electron chi connectivity index (χ0n) is 2.17. The van der Waals surface area contributed by atoms with Crippen molar-refractivity contribution in [2.45, 2.75) is 0 Å². The Labute approximate surface area is 51.1 Å². The van der Waals surface area contributed by atoms with Gasteiger partial charge in [-0.3, -0.25) is 0 Å². The summed E-state index contributed by atoms with van der Waals surface area (Å²) >= 11 is 8.35. The van der Waals surface area contributed by atoms with Crippen LogP contribution in [0.1, 0.15) is 0 Å². The minimum absolute atomic E-state index is 0.710. The summed E-state index contributed by atoms with van der Waals surface area (Å²) in [5, 5.41) is 0. The van der Waals surface area contributed by atoms with Gasteiger partial charge >= 0.3 is 0 Å². The standard InChI is InChI=1S/H2PS4/c2-4-1-5-3/h1-2H. The van der Waals surface area contributed by atoms with E-state index >= 15 is 0 Å². The summed E-state index contributed by atoms with van der Waals surface area (Å²) in [7, 11) is 2.88. The molecule has 0 nitrogen and oxygen atoms in total. The average Bonchev–Trinajstić information content (AvgIpc) is 1.41. The van der Waals surface area contributed by atoms with Crippen molar-refractivity contribution in [1.82, 2.24) is 0 Å². The number of rotatable bonds is 2. The van der Waals surface area contributed by atoms with Crippen molar-refractivity contribution < 1.29 is 0 Å². The lowest BCUT2D eigenvalue weighted by Gasteiger charge is -1.76. The quantitative estimate of drug-likeness (QED) is 0.375. The van der Waals surface area contributed by atoms with Crippen molar-refractivity contribution in [3.8, 4) is 0 Å². The van der Waals surface area contributed by atoms with Crippen molar-refractivity contribution in [2.24, 2.45) is 0 Å². The molecule has 5 heteroatoms. The van der Waals surface area contributed by atoms with E-state index in [0.717, 1.165) is 0 Å². The maximum atomic E-state index is 4.51. The molecule has 0 bridgehead atoms. The summed E-state index contributed by atoms with van der Waals surface area (Å²) in [5.41, 5.74) is 0. The van der Waals surface area contributed by atoms with Gasteiger partial charge in [0.25, 0.3) is 0 Å². The van der Waals surface area contributed by atoms with Crippen LogP contribution < -0.4 is 0 Å². The first-order valence-corrected chi connectivity index (χ1v) is 6.82. The van der Waals surface area contributed by atoms with Gasteiger partial charge in [0, 0.05) is 6.98 Å². The fourth-order valence-corrected chi connectivity index (χ4v) is 3.70. The molecule has 0 saturated heterocycles. The van der Waals surface area contributed by atoms with Crippen LogP contribution in [0.15, 0.2) is 0 Å². The highest BCUT2D eigenvalue weighted by atomic mass is 33.5. The van der Waals surface area contributed by atoms with E-state index in [4.69, 9.17) is 0 Å². The van der Waals surface area contributed by atoms with Crippen LogP contribution in [0.4, 0.5) is 0 Å². The monoisotopic (exact) mass is 161 g/mol. The van der Waals surface area contributed by atoms with Gasteiger partial charge < -0.3 is 0 Å². The predicted molar refractivity (Wildman–Crippen MR) is 40.1 cm³/mol. The molecule has 0 aromatic heterocycles. The first kappa shape index (κ1) is 6.83. The highest BCUT2D eigenvalue weighted by Gasteiger charge is 1.71. The second-order valence-electron chi connectivity index (χ2n) is 0.258. The lowest BCUT2D eigenvalue weighted by molar-refractivity contribution is 5.59. The Kier molecular flexibility index (Phi) is 7.96. The van der Waals surface area contributed by atoms with Crippen molar-refractivity contribution in [1.29, 1.82) is 0 Å². The fraction of sp³-hybridized carbons (Fsp3) is 0. The second-order valence-corrected chi connectivity index (χ2v) is 6.96. The molecule has 0 saturated carbocycles. The Hall–Kier alpha value is 1.83. The molecule has 0 aromatic carbocycles. The van der Waals surface area contributed by atoms with Gasteiger partial charge in [0.2, 0.25) is 0 Å². The van der Waals surface area contributed by atoms with E-state index in [9.17, 15) is 0 Å². The van der Waals surface area contributed by atoms with E-state index in [1.54, 1.807) is 0 Å². The molecule has 0 aliphatic rings. The molecule has 31 valence electrons. The molecule has 1 unspecified atom stereocenters. The van der Waals surface area contributed by atoms with Crippen molar-refractivity contribution >= 4 is 51.1 Å². The third kappa shape index (κ3) is 5.83. The molecule has 0 heterocycles. The summed E-state index contributed by atoms with van der Waals surface area (Å²) in [6.45, 7) is 0.710. The first-order valence-electron chi connectivity index (χ1n) is 0.757. The Morgan fingerprint density at radius 3 is 2.40 bits per heavy atom. The molecule has 0 amide bonds. The zero-order chi connectivity index (χ0) is 4.12. The normalized spacial score (nSPS) is 8.40. The fourth-order valence-electron chi connectivity index (χ4n) is 0.0152. The zero-order valence-corrected chi connectivity index (χ0v) is 6.52. The van der Waals surface area contributed by atoms with E-state index in [1.165, 1.54) is 20.8 Å². The Morgan fingerprint density at radius 1 is 1.80 bits per heavy atom. The maximum Gasteiger partial charge on any atom is 0.0227 e. The molecule has 5 heavy (non-hydrogen) atoms. The second kappa shape index (κ2) is 5.83. The summed E-state index contributed by atoms with van der Waals surface area (Å²) in [6, 6.07) is 0. The minimum atomic E-state index is 0.710. The van der Waals surface area contributed by atoms with E-state index in [-0.39, 0.29) is 0 Å². The average molecular weight is 161 g/mol. The molecule has 0 rings (SSSR count). The van der Waals surface area contributed by atoms with Gasteiger partial charge in [-0.15, -0.1) is 11.7 Å². The maximum absolute atomic E-state index is 4.51. The van der Waals surface area contributed by atoms with Gasteiger partial charge in [-0.25, -0.2) is 0 Å². The van der Waals surface area contributed by atoms with Gasteiger partial charge in [0.05, 0.1) is 0 Å². The molecular weight excluding hydrogens is 159 g/mol. The highest BCUT2D eigenvalue weighted by Crippen LogP contribution is 2.46. The van der Waals surface area contributed by atoms with Crippen LogP contribution >= 0.6 is 51.1 Å². The summed E-state index contributed by atoms with van der Waals surface area (Å²) in [5.74, 6) is 0. The Bertz CT molecular complexity index is 11.1. The molecule has 0 aromatic rings. The lowest BCUT2D eigenvalue weighted by Crippen LogP contribution is -1.02. The first-order chi connectivity index (χ1) is 2.41. The largest absolute Gasteiger partial charge is 0.106 e. The van der Waals surface area contributed by atoms with Gasteiger partial charge in [-0.2, -0.15) is 0 Å². The number of hydrogen-bond donors (Lipinski definition) is 1. The molecule has 0 spiro atoms. The number of hydrogen-bond acceptors (Lipinski definition) is 3. The molecule has 1 atom stereocenters. The van der Waals surface area contributed by atoms with E-state index in [0.29, 0.717) is 6.98 Å². The summed E-state index contributed by atoms with van der Waals surface area (Å²) in [6.07, 6.45) is 0. The molecule has 1 radical (unpaired) electrons. The smallest absolute Gasteiger partial charge is 0.0227 e. The van der Waals surface area contributed by atoms with E-state index in [1.807, 2.05) is 0 Å². The molecule has 0 N–H and O–H groups in total. The van der Waals surface area contributed by atoms with Crippen LogP contribution in [0.5, 0.6) is 0 Å². The Balaban J connectivity index is 2.19. The van der Waals surface area contributed by atoms with Crippen LogP contribution in [-0.4, -0.2) is 0 Å². The summed E-state index contributed by atoms with van der Waals surface area (Å²) < 4.78 is 0. The van der Waals surface area contributed by atoms with Crippen LogP contribution in [-0.2, 0) is 0 Å². The SMILES string of the molecule is [S]SPSS. The van der Waals surface area contributed by atoms with E-state index < -0.39 is 0 Å². The molecule has 0 fully saturated rings. The van der Waals surface area contributed by atoms with Gasteiger partial charge in [-0.05, 0) is 22.1 Å². The van der Waals surface area contributed by atoms with Crippen molar-refractivity contribution in [2.75, 3.05) is 0 Å². The van der Waals surface area contributed by atoms with Crippen molar-refractivity contribution in [3.05, 3.63) is 0 Å².